The minimum atomic E-state index is -0.358. The molecule has 0 bridgehead atoms. The van der Waals surface area contributed by atoms with E-state index in [1.54, 1.807) is 27.6 Å². The molecule has 1 saturated carbocycles. The van der Waals surface area contributed by atoms with E-state index >= 15 is 0 Å². The molecular formula is C16H16FN3O. The highest BCUT2D eigenvalue weighted by Gasteiger charge is 2.25. The smallest absolute Gasteiger partial charge is 0.320 e. The first kappa shape index (κ1) is 13.7. The van der Waals surface area contributed by atoms with Gasteiger partial charge in [0.05, 0.1) is 13.1 Å². The minimum absolute atomic E-state index is 0.0450. The van der Waals surface area contributed by atoms with Crippen LogP contribution >= 0.6 is 0 Å². The predicted octanol–water partition coefficient (Wildman–Crippen LogP) is 1.48. The quantitative estimate of drug-likeness (QED) is 0.869. The molecule has 1 fully saturated rings. The van der Waals surface area contributed by atoms with Crippen molar-refractivity contribution in [1.82, 2.24) is 9.13 Å². The summed E-state index contributed by atoms with van der Waals surface area (Å²) >= 11 is 0. The van der Waals surface area contributed by atoms with E-state index in [0.717, 1.165) is 12.8 Å². The summed E-state index contributed by atoms with van der Waals surface area (Å²) in [7, 11) is 0. The van der Waals surface area contributed by atoms with E-state index in [0.29, 0.717) is 23.7 Å². The molecule has 1 aliphatic carbocycles. The molecule has 1 heterocycles. The van der Waals surface area contributed by atoms with Gasteiger partial charge in [-0.1, -0.05) is 11.8 Å². The summed E-state index contributed by atoms with van der Waals surface area (Å²) < 4.78 is 16.9. The average molecular weight is 285 g/mol. The standard InChI is InChI=1S/C16H16FN3O/c17-14-9-12(2-1-5-18)8-13(10-14)11-19-6-7-20(16(19)21)15-3-4-15/h6-10,15H,3-5,11,18H2. The molecule has 4 nitrogen and oxygen atoms in total. The van der Waals surface area contributed by atoms with Gasteiger partial charge in [-0.3, -0.25) is 9.13 Å². The van der Waals surface area contributed by atoms with Crippen molar-refractivity contribution in [2.45, 2.75) is 25.4 Å². The number of hydrogen-bond acceptors (Lipinski definition) is 2. The van der Waals surface area contributed by atoms with Crippen LogP contribution in [-0.4, -0.2) is 15.7 Å². The summed E-state index contributed by atoms with van der Waals surface area (Å²) in [5.41, 5.74) is 6.56. The van der Waals surface area contributed by atoms with Crippen LogP contribution in [-0.2, 0) is 6.54 Å². The Morgan fingerprint density at radius 2 is 2.10 bits per heavy atom. The van der Waals surface area contributed by atoms with E-state index in [4.69, 9.17) is 5.73 Å². The minimum Gasteiger partial charge on any atom is -0.320 e. The Morgan fingerprint density at radius 1 is 1.29 bits per heavy atom. The van der Waals surface area contributed by atoms with Crippen LogP contribution in [0.4, 0.5) is 4.39 Å². The second-order valence-electron chi connectivity index (χ2n) is 5.20. The Labute approximate surface area is 122 Å². The number of rotatable bonds is 3. The first-order valence-electron chi connectivity index (χ1n) is 6.93. The predicted molar refractivity (Wildman–Crippen MR) is 78.4 cm³/mol. The normalized spacial score (nSPS) is 13.8. The molecule has 21 heavy (non-hydrogen) atoms. The van der Waals surface area contributed by atoms with Gasteiger partial charge in [0, 0.05) is 24.0 Å². The Balaban J connectivity index is 1.87. The molecule has 5 heteroatoms. The average Bonchev–Trinajstić information content (AvgIpc) is 3.23. The van der Waals surface area contributed by atoms with Gasteiger partial charge >= 0.3 is 5.69 Å². The highest BCUT2D eigenvalue weighted by Crippen LogP contribution is 2.33. The van der Waals surface area contributed by atoms with Gasteiger partial charge in [0.1, 0.15) is 5.82 Å². The lowest BCUT2D eigenvalue weighted by atomic mass is 10.1. The maximum Gasteiger partial charge on any atom is 0.328 e. The molecule has 1 aromatic heterocycles. The van der Waals surface area contributed by atoms with Crippen molar-refractivity contribution in [2.24, 2.45) is 5.73 Å². The number of hydrogen-bond donors (Lipinski definition) is 1. The zero-order valence-electron chi connectivity index (χ0n) is 11.6. The third-order valence-corrected chi connectivity index (χ3v) is 3.46. The molecule has 0 radical (unpaired) electrons. The van der Waals surface area contributed by atoms with E-state index in [2.05, 4.69) is 11.8 Å². The first-order chi connectivity index (χ1) is 10.2. The van der Waals surface area contributed by atoms with Crippen LogP contribution in [0.2, 0.25) is 0 Å². The zero-order chi connectivity index (χ0) is 14.8. The molecule has 2 N–H and O–H groups in total. The van der Waals surface area contributed by atoms with Gasteiger partial charge in [-0.05, 0) is 36.6 Å². The Kier molecular flexibility index (Phi) is 3.63. The van der Waals surface area contributed by atoms with Crippen molar-refractivity contribution in [1.29, 1.82) is 0 Å². The number of benzene rings is 1. The summed E-state index contributed by atoms with van der Waals surface area (Å²) in [6.07, 6.45) is 5.66. The molecule has 0 aliphatic heterocycles. The van der Waals surface area contributed by atoms with Gasteiger partial charge in [-0.15, -0.1) is 0 Å². The van der Waals surface area contributed by atoms with E-state index < -0.39 is 0 Å². The molecule has 1 aliphatic rings. The van der Waals surface area contributed by atoms with Gasteiger partial charge in [0.2, 0.25) is 0 Å². The van der Waals surface area contributed by atoms with Crippen LogP contribution in [0.15, 0.2) is 35.4 Å². The van der Waals surface area contributed by atoms with Crippen LogP contribution < -0.4 is 11.4 Å². The molecule has 2 aromatic rings. The Bertz CT molecular complexity index is 775. The van der Waals surface area contributed by atoms with Gasteiger partial charge in [0.25, 0.3) is 0 Å². The van der Waals surface area contributed by atoms with E-state index in [1.165, 1.54) is 12.1 Å². The Morgan fingerprint density at radius 3 is 2.81 bits per heavy atom. The third kappa shape index (κ3) is 3.06. The summed E-state index contributed by atoms with van der Waals surface area (Å²) in [6, 6.07) is 4.92. The number of imidazole rings is 1. The van der Waals surface area contributed by atoms with Crippen molar-refractivity contribution in [3.63, 3.8) is 0 Å². The fourth-order valence-electron chi connectivity index (χ4n) is 2.34. The van der Waals surface area contributed by atoms with E-state index in [1.807, 2.05) is 0 Å². The summed E-state index contributed by atoms with van der Waals surface area (Å²) in [4.78, 5) is 12.2. The van der Waals surface area contributed by atoms with Gasteiger partial charge in [-0.25, -0.2) is 9.18 Å². The summed E-state index contributed by atoms with van der Waals surface area (Å²) in [5, 5.41) is 0. The van der Waals surface area contributed by atoms with Gasteiger partial charge in [0.15, 0.2) is 0 Å². The maximum absolute atomic E-state index is 13.6. The van der Waals surface area contributed by atoms with Crippen molar-refractivity contribution >= 4 is 0 Å². The third-order valence-electron chi connectivity index (χ3n) is 3.46. The van der Waals surface area contributed by atoms with E-state index in [-0.39, 0.29) is 18.1 Å². The highest BCUT2D eigenvalue weighted by atomic mass is 19.1. The Hall–Kier alpha value is -2.32. The summed E-state index contributed by atoms with van der Waals surface area (Å²) in [6.45, 7) is 0.573. The van der Waals surface area contributed by atoms with Crippen LogP contribution in [0, 0.1) is 17.7 Å². The lowest BCUT2D eigenvalue weighted by Gasteiger charge is -2.04. The molecule has 1 aromatic carbocycles. The molecule has 0 spiro atoms. The molecular weight excluding hydrogens is 269 g/mol. The summed E-state index contributed by atoms with van der Waals surface area (Å²) in [5.74, 6) is 5.15. The number of halogens is 1. The maximum atomic E-state index is 13.6. The van der Waals surface area contributed by atoms with Gasteiger partial charge < -0.3 is 5.73 Å². The molecule has 0 unspecified atom stereocenters. The molecule has 0 amide bonds. The fourth-order valence-corrected chi connectivity index (χ4v) is 2.34. The van der Waals surface area contributed by atoms with Crippen LogP contribution in [0.25, 0.3) is 0 Å². The van der Waals surface area contributed by atoms with Crippen molar-refractivity contribution < 1.29 is 4.39 Å². The molecule has 0 saturated heterocycles. The van der Waals surface area contributed by atoms with Crippen molar-refractivity contribution in [3.8, 4) is 11.8 Å². The number of nitrogens with zero attached hydrogens (tertiary/aromatic N) is 2. The van der Waals surface area contributed by atoms with Crippen molar-refractivity contribution in [3.05, 3.63) is 58.0 Å². The lowest BCUT2D eigenvalue weighted by molar-refractivity contribution is 0.619. The van der Waals surface area contributed by atoms with Crippen LogP contribution in [0.1, 0.15) is 30.0 Å². The second kappa shape index (κ2) is 5.58. The molecule has 0 atom stereocenters. The van der Waals surface area contributed by atoms with E-state index in [9.17, 15) is 9.18 Å². The SMILES string of the molecule is NCC#Cc1cc(F)cc(Cn2ccn(C3CC3)c2=O)c1. The van der Waals surface area contributed by atoms with Crippen LogP contribution in [0.5, 0.6) is 0 Å². The number of nitrogens with two attached hydrogens (primary N) is 1. The fraction of sp³-hybridized carbons (Fsp3) is 0.312. The van der Waals surface area contributed by atoms with Crippen LogP contribution in [0.3, 0.4) is 0 Å². The number of aromatic nitrogens is 2. The topological polar surface area (TPSA) is 52.9 Å². The second-order valence-corrected chi connectivity index (χ2v) is 5.20. The zero-order valence-corrected chi connectivity index (χ0v) is 11.6. The molecule has 3 rings (SSSR count). The largest absolute Gasteiger partial charge is 0.328 e. The first-order valence-corrected chi connectivity index (χ1v) is 6.93. The monoisotopic (exact) mass is 285 g/mol. The lowest BCUT2D eigenvalue weighted by Crippen LogP contribution is -2.23. The highest BCUT2D eigenvalue weighted by molar-refractivity contribution is 5.38. The molecule has 108 valence electrons. The van der Waals surface area contributed by atoms with Crippen molar-refractivity contribution in [2.75, 3.05) is 6.54 Å². The van der Waals surface area contributed by atoms with Gasteiger partial charge in [-0.2, -0.15) is 0 Å².